The minimum atomic E-state index is -3.66. The van der Waals surface area contributed by atoms with Gasteiger partial charge in [-0.2, -0.15) is 0 Å². The zero-order valence-corrected chi connectivity index (χ0v) is 14.9. The van der Waals surface area contributed by atoms with E-state index in [-0.39, 0.29) is 21.5 Å². The quantitative estimate of drug-likeness (QED) is 0.831. The number of carbonyl (C=O) groups excluding carboxylic acids is 1. The third-order valence-corrected chi connectivity index (χ3v) is 5.65. The van der Waals surface area contributed by atoms with Gasteiger partial charge in [0.05, 0.1) is 9.92 Å². The molecule has 1 aliphatic rings. The van der Waals surface area contributed by atoms with E-state index in [0.29, 0.717) is 11.3 Å². The van der Waals surface area contributed by atoms with Crippen LogP contribution in [-0.4, -0.2) is 20.4 Å². The van der Waals surface area contributed by atoms with Crippen LogP contribution in [0.2, 0.25) is 5.02 Å². The lowest BCUT2D eigenvalue weighted by Crippen LogP contribution is -2.26. The van der Waals surface area contributed by atoms with Crippen molar-refractivity contribution in [2.75, 3.05) is 5.32 Å². The van der Waals surface area contributed by atoms with Crippen molar-refractivity contribution in [3.05, 3.63) is 58.4 Å². The smallest absolute Gasteiger partial charge is 0.255 e. The van der Waals surface area contributed by atoms with Gasteiger partial charge in [0.15, 0.2) is 0 Å². The molecule has 3 rings (SSSR count). The number of benzene rings is 2. The van der Waals surface area contributed by atoms with Crippen molar-refractivity contribution in [1.29, 1.82) is 0 Å². The van der Waals surface area contributed by atoms with Gasteiger partial charge < -0.3 is 5.32 Å². The molecule has 25 heavy (non-hydrogen) atoms. The number of hydrogen-bond acceptors (Lipinski definition) is 3. The van der Waals surface area contributed by atoms with E-state index in [4.69, 9.17) is 11.6 Å². The molecule has 0 saturated heterocycles. The molecule has 1 fully saturated rings. The van der Waals surface area contributed by atoms with Gasteiger partial charge in [-0.15, -0.1) is 0 Å². The molecule has 8 heteroatoms. The molecule has 2 N–H and O–H groups in total. The molecule has 5 nitrogen and oxygen atoms in total. The van der Waals surface area contributed by atoms with Crippen LogP contribution in [0.5, 0.6) is 0 Å². The van der Waals surface area contributed by atoms with E-state index in [1.165, 1.54) is 24.3 Å². The second-order valence-corrected chi connectivity index (χ2v) is 8.08. The Labute approximate surface area is 150 Å². The molecule has 0 atom stereocenters. The zero-order chi connectivity index (χ0) is 18.2. The van der Waals surface area contributed by atoms with E-state index in [9.17, 15) is 17.6 Å². The number of nitrogens with one attached hydrogen (secondary N) is 2. The van der Waals surface area contributed by atoms with Gasteiger partial charge in [-0.1, -0.05) is 17.7 Å². The number of carbonyl (C=O) groups is 1. The minimum absolute atomic E-state index is 0.0232. The second kappa shape index (κ2) is 6.74. The molecule has 0 spiro atoms. The third kappa shape index (κ3) is 4.18. The maximum absolute atomic E-state index is 13.2. The maximum Gasteiger partial charge on any atom is 0.255 e. The van der Waals surface area contributed by atoms with E-state index in [2.05, 4.69) is 10.0 Å². The summed E-state index contributed by atoms with van der Waals surface area (Å²) in [5, 5.41) is 2.48. The first-order valence-corrected chi connectivity index (χ1v) is 9.52. The van der Waals surface area contributed by atoms with E-state index >= 15 is 0 Å². The average molecular weight is 383 g/mol. The molecular weight excluding hydrogens is 367 g/mol. The highest BCUT2D eigenvalue weighted by Gasteiger charge is 2.28. The predicted octanol–water partition coefficient (Wildman–Crippen LogP) is 3.48. The normalized spacial score (nSPS) is 14.4. The zero-order valence-electron chi connectivity index (χ0n) is 13.3. The summed E-state index contributed by atoms with van der Waals surface area (Å²) in [5.74, 6) is -1.08. The third-order valence-electron chi connectivity index (χ3n) is 3.84. The summed E-state index contributed by atoms with van der Waals surface area (Å²) in [6, 6.07) is 8.17. The van der Waals surface area contributed by atoms with Crippen LogP contribution in [0.3, 0.4) is 0 Å². The monoisotopic (exact) mass is 382 g/mol. The summed E-state index contributed by atoms with van der Waals surface area (Å²) in [5.41, 5.74) is 1.16. The van der Waals surface area contributed by atoms with E-state index in [1.807, 2.05) is 0 Å². The van der Waals surface area contributed by atoms with Crippen LogP contribution >= 0.6 is 11.6 Å². The molecule has 2 aromatic rings. The summed E-state index contributed by atoms with van der Waals surface area (Å²) in [7, 11) is -3.66. The SMILES string of the molecule is Cc1ccc(S(=O)(=O)NC2CC2)cc1C(=O)Nc1ccc(F)c(Cl)c1. The van der Waals surface area contributed by atoms with Crippen LogP contribution in [0.4, 0.5) is 10.1 Å². The standard InChI is InChI=1S/C17H16ClFN2O3S/c1-10-2-6-13(25(23,24)21-11-3-4-11)9-14(10)17(22)20-12-5-7-16(19)15(18)8-12/h2,5-9,11,21H,3-4H2,1H3,(H,20,22). The fourth-order valence-corrected chi connectivity index (χ4v) is 3.79. The Morgan fingerprint density at radius 3 is 2.56 bits per heavy atom. The number of anilines is 1. The molecule has 0 heterocycles. The summed E-state index contributed by atoms with van der Waals surface area (Å²) >= 11 is 5.70. The van der Waals surface area contributed by atoms with E-state index in [1.54, 1.807) is 13.0 Å². The summed E-state index contributed by atoms with van der Waals surface area (Å²) in [4.78, 5) is 12.5. The van der Waals surface area contributed by atoms with Crippen LogP contribution < -0.4 is 10.0 Å². The van der Waals surface area contributed by atoms with E-state index < -0.39 is 21.7 Å². The number of aryl methyl sites for hydroxylation is 1. The molecule has 0 bridgehead atoms. The van der Waals surface area contributed by atoms with Crippen molar-refractivity contribution in [2.45, 2.75) is 30.7 Å². The van der Waals surface area contributed by atoms with Gasteiger partial charge >= 0.3 is 0 Å². The highest BCUT2D eigenvalue weighted by Crippen LogP contribution is 2.24. The van der Waals surface area contributed by atoms with Crippen LogP contribution in [0, 0.1) is 12.7 Å². The minimum Gasteiger partial charge on any atom is -0.322 e. The van der Waals surface area contributed by atoms with Crippen molar-refractivity contribution < 1.29 is 17.6 Å². The molecular formula is C17H16ClFN2O3S. The van der Waals surface area contributed by atoms with Crippen LogP contribution in [0.25, 0.3) is 0 Å². The van der Waals surface area contributed by atoms with Crippen molar-refractivity contribution >= 4 is 33.2 Å². The van der Waals surface area contributed by atoms with Gasteiger partial charge in [-0.05, 0) is 55.7 Å². The molecule has 1 amide bonds. The number of halogens is 2. The van der Waals surface area contributed by atoms with Crippen molar-refractivity contribution in [1.82, 2.24) is 4.72 Å². The highest BCUT2D eigenvalue weighted by molar-refractivity contribution is 7.89. The summed E-state index contributed by atoms with van der Waals surface area (Å²) < 4.78 is 40.4. The lowest BCUT2D eigenvalue weighted by molar-refractivity contribution is 0.102. The van der Waals surface area contributed by atoms with Gasteiger partial charge in [0, 0.05) is 17.3 Å². The van der Waals surface area contributed by atoms with Gasteiger partial charge in [0.1, 0.15) is 5.82 Å². The fraction of sp³-hybridized carbons (Fsp3) is 0.235. The topological polar surface area (TPSA) is 75.3 Å². The largest absolute Gasteiger partial charge is 0.322 e. The molecule has 0 radical (unpaired) electrons. The Morgan fingerprint density at radius 1 is 1.20 bits per heavy atom. The molecule has 1 aliphatic carbocycles. The van der Waals surface area contributed by atoms with Crippen molar-refractivity contribution in [2.24, 2.45) is 0 Å². The molecule has 0 aliphatic heterocycles. The van der Waals surface area contributed by atoms with Crippen LogP contribution in [0.15, 0.2) is 41.3 Å². The molecule has 0 unspecified atom stereocenters. The number of sulfonamides is 1. The Hall–Kier alpha value is -1.96. The van der Waals surface area contributed by atoms with Crippen molar-refractivity contribution in [3.63, 3.8) is 0 Å². The Balaban J connectivity index is 1.86. The fourth-order valence-electron chi connectivity index (χ4n) is 2.27. The predicted molar refractivity (Wildman–Crippen MR) is 93.9 cm³/mol. The molecule has 2 aromatic carbocycles. The number of rotatable bonds is 5. The molecule has 0 aromatic heterocycles. The van der Waals surface area contributed by atoms with Crippen LogP contribution in [-0.2, 0) is 10.0 Å². The van der Waals surface area contributed by atoms with Gasteiger partial charge in [-0.25, -0.2) is 17.5 Å². The van der Waals surface area contributed by atoms with Crippen molar-refractivity contribution in [3.8, 4) is 0 Å². The van der Waals surface area contributed by atoms with Crippen LogP contribution in [0.1, 0.15) is 28.8 Å². The lowest BCUT2D eigenvalue weighted by Gasteiger charge is -2.11. The Kier molecular flexibility index (Phi) is 4.81. The van der Waals surface area contributed by atoms with Gasteiger partial charge in [0.25, 0.3) is 5.91 Å². The number of amides is 1. The molecule has 132 valence electrons. The second-order valence-electron chi connectivity index (χ2n) is 5.96. The maximum atomic E-state index is 13.2. The Bertz CT molecular complexity index is 943. The summed E-state index contributed by atoms with van der Waals surface area (Å²) in [6.07, 6.45) is 1.65. The first-order chi connectivity index (χ1) is 11.8. The first-order valence-electron chi connectivity index (χ1n) is 7.65. The van der Waals surface area contributed by atoms with E-state index in [0.717, 1.165) is 18.9 Å². The highest BCUT2D eigenvalue weighted by atomic mass is 35.5. The lowest BCUT2D eigenvalue weighted by atomic mass is 10.1. The Morgan fingerprint density at radius 2 is 1.92 bits per heavy atom. The average Bonchev–Trinajstić information content (AvgIpc) is 3.34. The first kappa shape index (κ1) is 17.8. The number of hydrogen-bond donors (Lipinski definition) is 2. The van der Waals surface area contributed by atoms with Gasteiger partial charge in [-0.3, -0.25) is 4.79 Å². The summed E-state index contributed by atoms with van der Waals surface area (Å²) in [6.45, 7) is 1.71. The van der Waals surface area contributed by atoms with Gasteiger partial charge in [0.2, 0.25) is 10.0 Å². The molecule has 1 saturated carbocycles.